The Hall–Kier alpha value is -0.890. The first kappa shape index (κ1) is 18.2. The van der Waals surface area contributed by atoms with Crippen molar-refractivity contribution in [2.24, 2.45) is 0 Å². The molecular weight excluding hydrogens is 360 g/mol. The van der Waals surface area contributed by atoms with Crippen LogP contribution in [0, 0.1) is 0 Å². The van der Waals surface area contributed by atoms with Crippen LogP contribution in [0.5, 0.6) is 0 Å². The molecule has 0 aliphatic carbocycles. The van der Waals surface area contributed by atoms with E-state index in [9.17, 15) is 9.59 Å². The van der Waals surface area contributed by atoms with Crippen LogP contribution < -0.4 is 16.2 Å². The average Bonchev–Trinajstić information content (AvgIpc) is 2.47. The number of nitrogens with zero attached hydrogens (tertiary/aromatic N) is 1. The van der Waals surface area contributed by atoms with Gasteiger partial charge in [0.2, 0.25) is 0 Å². The van der Waals surface area contributed by atoms with E-state index in [1.165, 1.54) is 12.3 Å². The Kier molecular flexibility index (Phi) is 7.95. The lowest BCUT2D eigenvalue weighted by molar-refractivity contribution is 0.0951. The Morgan fingerprint density at radius 3 is 2.76 bits per heavy atom. The lowest BCUT2D eigenvalue weighted by Crippen LogP contribution is -2.44. The minimum Gasteiger partial charge on any atom is -0.352 e. The summed E-state index contributed by atoms with van der Waals surface area (Å²) >= 11 is 3.11. The van der Waals surface area contributed by atoms with Crippen molar-refractivity contribution in [2.45, 2.75) is 6.42 Å². The topological polar surface area (TPSA) is 77.2 Å². The highest BCUT2D eigenvalue weighted by Crippen LogP contribution is 2.05. The summed E-state index contributed by atoms with van der Waals surface area (Å²) in [5.74, 6) is -0.165. The number of carbonyl (C=O) groups is 1. The molecule has 0 saturated carbocycles. The molecule has 0 atom stereocenters. The predicted octanol–water partition coefficient (Wildman–Crippen LogP) is 0.584. The standard InChI is InChI=1S/C13H19BrN4O2.ClH/c14-11-8-10(9-17-13(11)20)12(19)16-2-1-5-18-6-3-15-4-7-18;/h8-9,15H,1-7H2,(H,16,19)(H,17,20);1H. The second-order valence-corrected chi connectivity index (χ2v) is 5.62. The lowest BCUT2D eigenvalue weighted by Gasteiger charge is -2.27. The summed E-state index contributed by atoms with van der Waals surface area (Å²) in [6.45, 7) is 5.86. The van der Waals surface area contributed by atoms with Gasteiger partial charge < -0.3 is 20.5 Å². The van der Waals surface area contributed by atoms with Gasteiger partial charge >= 0.3 is 0 Å². The van der Waals surface area contributed by atoms with Gasteiger partial charge in [0.05, 0.1) is 10.0 Å². The zero-order valence-electron chi connectivity index (χ0n) is 11.7. The Labute approximate surface area is 138 Å². The largest absolute Gasteiger partial charge is 0.352 e. The summed E-state index contributed by atoms with van der Waals surface area (Å²) in [4.78, 5) is 28.0. The third-order valence-electron chi connectivity index (χ3n) is 3.27. The molecule has 2 heterocycles. The molecule has 3 N–H and O–H groups in total. The maximum atomic E-state index is 11.9. The van der Waals surface area contributed by atoms with E-state index in [2.05, 4.69) is 36.4 Å². The SMILES string of the molecule is Cl.O=C(NCCCN1CCNCC1)c1c[nH]c(=O)c(Br)c1. The first-order valence-electron chi connectivity index (χ1n) is 6.76. The molecule has 0 spiro atoms. The van der Waals surface area contributed by atoms with Gasteiger partial charge in [-0.2, -0.15) is 0 Å². The summed E-state index contributed by atoms with van der Waals surface area (Å²) in [6, 6.07) is 1.53. The summed E-state index contributed by atoms with van der Waals surface area (Å²) in [5, 5.41) is 6.17. The molecule has 1 aliphatic rings. The molecule has 0 aromatic carbocycles. The highest BCUT2D eigenvalue weighted by atomic mass is 79.9. The number of hydrogen-bond donors (Lipinski definition) is 3. The molecule has 1 fully saturated rings. The van der Waals surface area contributed by atoms with E-state index < -0.39 is 0 Å². The molecule has 1 saturated heterocycles. The molecule has 0 unspecified atom stereocenters. The van der Waals surface area contributed by atoms with Gasteiger partial charge in [-0.25, -0.2) is 0 Å². The molecule has 8 heteroatoms. The molecule has 1 aromatic rings. The highest BCUT2D eigenvalue weighted by Gasteiger charge is 2.10. The van der Waals surface area contributed by atoms with Crippen LogP contribution in [-0.4, -0.2) is 55.1 Å². The van der Waals surface area contributed by atoms with Gasteiger partial charge in [-0.1, -0.05) is 0 Å². The van der Waals surface area contributed by atoms with Crippen LogP contribution in [0.3, 0.4) is 0 Å². The van der Waals surface area contributed by atoms with Crippen molar-refractivity contribution in [1.82, 2.24) is 20.5 Å². The van der Waals surface area contributed by atoms with Gasteiger partial charge in [0.15, 0.2) is 0 Å². The predicted molar refractivity (Wildman–Crippen MR) is 88.3 cm³/mol. The van der Waals surface area contributed by atoms with Crippen LogP contribution >= 0.6 is 28.3 Å². The van der Waals surface area contributed by atoms with Gasteiger partial charge in [-0.3, -0.25) is 9.59 Å². The molecular formula is C13H20BrClN4O2. The van der Waals surface area contributed by atoms with Crippen LogP contribution in [0.4, 0.5) is 0 Å². The second-order valence-electron chi connectivity index (χ2n) is 4.77. The molecule has 2 rings (SSSR count). The fraction of sp³-hybridized carbons (Fsp3) is 0.538. The van der Waals surface area contributed by atoms with Crippen molar-refractivity contribution in [2.75, 3.05) is 39.3 Å². The maximum absolute atomic E-state index is 11.9. The van der Waals surface area contributed by atoms with Crippen molar-refractivity contribution in [3.63, 3.8) is 0 Å². The number of nitrogens with one attached hydrogen (secondary N) is 3. The monoisotopic (exact) mass is 378 g/mol. The molecule has 0 radical (unpaired) electrons. The molecule has 118 valence electrons. The van der Waals surface area contributed by atoms with E-state index >= 15 is 0 Å². The first-order valence-corrected chi connectivity index (χ1v) is 7.55. The van der Waals surface area contributed by atoms with Crippen LogP contribution in [0.25, 0.3) is 0 Å². The van der Waals surface area contributed by atoms with Crippen molar-refractivity contribution < 1.29 is 4.79 Å². The van der Waals surface area contributed by atoms with Crippen molar-refractivity contribution in [3.05, 3.63) is 32.7 Å². The molecule has 21 heavy (non-hydrogen) atoms. The Morgan fingerprint density at radius 1 is 1.38 bits per heavy atom. The average molecular weight is 380 g/mol. The number of rotatable bonds is 5. The number of amides is 1. The van der Waals surface area contributed by atoms with E-state index in [0.29, 0.717) is 16.6 Å². The van der Waals surface area contributed by atoms with Crippen LogP contribution in [0.2, 0.25) is 0 Å². The lowest BCUT2D eigenvalue weighted by atomic mass is 10.2. The molecule has 0 bridgehead atoms. The third kappa shape index (κ3) is 5.78. The molecule has 6 nitrogen and oxygen atoms in total. The second kappa shape index (κ2) is 9.19. The minimum atomic E-state index is -0.236. The number of carbonyl (C=O) groups excluding carboxylic acids is 1. The minimum absolute atomic E-state index is 0. The Balaban J connectivity index is 0.00000220. The van der Waals surface area contributed by atoms with E-state index in [1.54, 1.807) is 0 Å². The van der Waals surface area contributed by atoms with Crippen LogP contribution in [-0.2, 0) is 0 Å². The summed E-state index contributed by atoms with van der Waals surface area (Å²) in [7, 11) is 0. The molecule has 1 amide bonds. The summed E-state index contributed by atoms with van der Waals surface area (Å²) in [6.07, 6.45) is 2.36. The quantitative estimate of drug-likeness (QED) is 0.654. The number of aromatic amines is 1. The molecule has 1 aliphatic heterocycles. The number of piperazine rings is 1. The van der Waals surface area contributed by atoms with Gasteiger partial charge in [-0.15, -0.1) is 12.4 Å². The summed E-state index contributed by atoms with van der Waals surface area (Å²) < 4.78 is 0.367. The van der Waals surface area contributed by atoms with Crippen molar-refractivity contribution >= 4 is 34.2 Å². The first-order chi connectivity index (χ1) is 9.66. The van der Waals surface area contributed by atoms with Crippen molar-refractivity contribution in [1.29, 1.82) is 0 Å². The van der Waals surface area contributed by atoms with Gasteiger partial charge in [-0.05, 0) is 35.0 Å². The van der Waals surface area contributed by atoms with E-state index in [4.69, 9.17) is 0 Å². The van der Waals surface area contributed by atoms with Crippen molar-refractivity contribution in [3.8, 4) is 0 Å². The smallest absolute Gasteiger partial charge is 0.262 e. The van der Waals surface area contributed by atoms with E-state index in [0.717, 1.165) is 39.1 Å². The highest BCUT2D eigenvalue weighted by molar-refractivity contribution is 9.10. The number of aromatic nitrogens is 1. The third-order valence-corrected chi connectivity index (χ3v) is 3.86. The van der Waals surface area contributed by atoms with Crippen LogP contribution in [0.1, 0.15) is 16.8 Å². The van der Waals surface area contributed by atoms with E-state index in [-0.39, 0.29) is 23.9 Å². The normalized spacial score (nSPS) is 15.3. The number of halogens is 2. The van der Waals surface area contributed by atoms with Gasteiger partial charge in [0, 0.05) is 38.9 Å². The summed E-state index contributed by atoms with van der Waals surface area (Å²) in [5.41, 5.74) is 0.221. The molecule has 1 aromatic heterocycles. The van der Waals surface area contributed by atoms with Gasteiger partial charge in [0.1, 0.15) is 0 Å². The zero-order chi connectivity index (χ0) is 14.4. The fourth-order valence-corrected chi connectivity index (χ4v) is 2.49. The Morgan fingerprint density at radius 2 is 2.10 bits per heavy atom. The number of hydrogen-bond acceptors (Lipinski definition) is 4. The maximum Gasteiger partial charge on any atom is 0.262 e. The van der Waals surface area contributed by atoms with Gasteiger partial charge in [0.25, 0.3) is 11.5 Å². The zero-order valence-corrected chi connectivity index (χ0v) is 14.1. The van der Waals surface area contributed by atoms with E-state index in [1.807, 2.05) is 0 Å². The fourth-order valence-electron chi connectivity index (χ4n) is 2.13. The number of pyridine rings is 1. The van der Waals surface area contributed by atoms with Crippen LogP contribution in [0.15, 0.2) is 21.5 Å². The Bertz CT molecular complexity index is 517. The number of H-pyrrole nitrogens is 1.